The lowest BCUT2D eigenvalue weighted by molar-refractivity contribution is -0.157. The molecule has 0 saturated carbocycles. The van der Waals surface area contributed by atoms with E-state index in [1.54, 1.807) is 20.8 Å². The van der Waals surface area contributed by atoms with E-state index < -0.39 is 62.1 Å². The smallest absolute Gasteiger partial charge is 0.355 e. The van der Waals surface area contributed by atoms with Gasteiger partial charge in [-0.05, 0) is 39.0 Å². The highest BCUT2D eigenvalue weighted by Gasteiger charge is 2.59. The molecule has 0 radical (unpaired) electrons. The third-order valence-corrected chi connectivity index (χ3v) is 7.01. The SMILES string of the molecule is CC(C)(C)OC(=O)C1=C(COC(=O)c2cc(O)ccc2O)CS(=O)(=O)C2[C@@H](Cl)C(=O)N12. The van der Waals surface area contributed by atoms with Crippen LogP contribution in [0, 0.1) is 0 Å². The highest BCUT2D eigenvalue weighted by Crippen LogP contribution is 2.40. The number of hydrogen-bond acceptors (Lipinski definition) is 9. The van der Waals surface area contributed by atoms with Crippen LogP contribution in [0.4, 0.5) is 0 Å². The normalized spacial score (nSPS) is 22.5. The van der Waals surface area contributed by atoms with E-state index in [0.29, 0.717) is 0 Å². The number of phenols is 2. The molecule has 0 spiro atoms. The quantitative estimate of drug-likeness (QED) is 0.283. The van der Waals surface area contributed by atoms with Crippen LogP contribution in [0.5, 0.6) is 11.5 Å². The molecule has 2 aliphatic heterocycles. The number of β-lactam (4-membered cyclic amide) rings is 1. The number of halogens is 1. The maximum atomic E-state index is 12.8. The van der Waals surface area contributed by atoms with Crippen LogP contribution < -0.4 is 0 Å². The number of carbonyl (C=O) groups is 3. The van der Waals surface area contributed by atoms with Gasteiger partial charge in [0.15, 0.2) is 15.2 Å². The third-order valence-electron chi connectivity index (χ3n) is 4.47. The molecule has 0 bridgehead atoms. The number of aromatic hydroxyl groups is 2. The van der Waals surface area contributed by atoms with Gasteiger partial charge >= 0.3 is 11.9 Å². The maximum Gasteiger partial charge on any atom is 0.355 e. The first-order valence-electron chi connectivity index (χ1n) is 9.06. The molecule has 0 aromatic heterocycles. The molecule has 1 aromatic carbocycles. The minimum Gasteiger partial charge on any atom is -0.508 e. The minimum absolute atomic E-state index is 0.171. The Balaban J connectivity index is 1.96. The van der Waals surface area contributed by atoms with Crippen molar-refractivity contribution in [2.75, 3.05) is 12.4 Å². The molecule has 2 aliphatic rings. The number of rotatable bonds is 4. The number of esters is 2. The minimum atomic E-state index is -3.97. The fourth-order valence-electron chi connectivity index (χ4n) is 3.17. The number of carbonyl (C=O) groups excluding carboxylic acids is 3. The van der Waals surface area contributed by atoms with Gasteiger partial charge in [-0.1, -0.05) is 0 Å². The lowest BCUT2D eigenvalue weighted by atomic mass is 10.1. The maximum absolute atomic E-state index is 12.8. The van der Waals surface area contributed by atoms with Gasteiger partial charge in [0.05, 0.1) is 5.75 Å². The van der Waals surface area contributed by atoms with E-state index in [4.69, 9.17) is 21.1 Å². The summed E-state index contributed by atoms with van der Waals surface area (Å²) in [6.45, 7) is 4.10. The largest absolute Gasteiger partial charge is 0.508 e. The van der Waals surface area contributed by atoms with Crippen LogP contribution >= 0.6 is 11.6 Å². The van der Waals surface area contributed by atoms with Gasteiger partial charge in [-0.2, -0.15) is 0 Å². The Kier molecular flexibility index (Phi) is 5.70. The van der Waals surface area contributed by atoms with Crippen molar-refractivity contribution < 1.29 is 42.5 Å². The molecule has 2 heterocycles. The molecule has 12 heteroatoms. The van der Waals surface area contributed by atoms with Gasteiger partial charge in [0, 0.05) is 5.57 Å². The van der Waals surface area contributed by atoms with Crippen molar-refractivity contribution >= 4 is 39.3 Å². The van der Waals surface area contributed by atoms with E-state index in [0.717, 1.165) is 23.1 Å². The molecule has 2 atom stereocenters. The molecule has 1 fully saturated rings. The molecule has 10 nitrogen and oxygen atoms in total. The van der Waals surface area contributed by atoms with Gasteiger partial charge in [-0.25, -0.2) is 18.0 Å². The number of alkyl halides is 1. The summed E-state index contributed by atoms with van der Waals surface area (Å²) in [6.07, 6.45) is 0. The number of benzene rings is 1. The lowest BCUT2D eigenvalue weighted by Crippen LogP contribution is -2.68. The predicted molar refractivity (Wildman–Crippen MR) is 107 cm³/mol. The average molecular weight is 474 g/mol. The zero-order valence-electron chi connectivity index (χ0n) is 16.8. The molecule has 1 amide bonds. The van der Waals surface area contributed by atoms with Crippen molar-refractivity contribution in [3.63, 3.8) is 0 Å². The monoisotopic (exact) mass is 473 g/mol. The summed E-state index contributed by atoms with van der Waals surface area (Å²) < 4.78 is 35.6. The Morgan fingerprint density at radius 3 is 2.48 bits per heavy atom. The van der Waals surface area contributed by atoms with Gasteiger partial charge in [-0.15, -0.1) is 11.6 Å². The number of nitrogens with zero attached hydrogens (tertiary/aromatic N) is 1. The molecule has 3 rings (SSSR count). The van der Waals surface area contributed by atoms with E-state index >= 15 is 0 Å². The fourth-order valence-corrected chi connectivity index (χ4v) is 5.75. The summed E-state index contributed by atoms with van der Waals surface area (Å²) >= 11 is 5.87. The molecule has 0 aliphatic carbocycles. The molecule has 1 saturated heterocycles. The fraction of sp³-hybridized carbons (Fsp3) is 0.421. The van der Waals surface area contributed by atoms with E-state index in [2.05, 4.69) is 0 Å². The van der Waals surface area contributed by atoms with Crippen LogP contribution in [-0.4, -0.2) is 70.1 Å². The number of phenolic OH excluding ortho intramolecular Hbond substituents is 2. The second kappa shape index (κ2) is 7.72. The molecular weight excluding hydrogens is 454 g/mol. The molecule has 1 unspecified atom stereocenters. The topological polar surface area (TPSA) is 148 Å². The Hall–Kier alpha value is -2.79. The number of fused-ring (bicyclic) bond motifs is 1. The van der Waals surface area contributed by atoms with E-state index in [1.807, 2.05) is 0 Å². The number of amides is 1. The van der Waals surface area contributed by atoms with Crippen LogP contribution in [0.25, 0.3) is 0 Å². The van der Waals surface area contributed by atoms with Crippen molar-refractivity contribution in [2.45, 2.75) is 37.1 Å². The Bertz CT molecular complexity index is 1100. The zero-order valence-corrected chi connectivity index (χ0v) is 18.4. The van der Waals surface area contributed by atoms with E-state index in [9.17, 15) is 33.0 Å². The van der Waals surface area contributed by atoms with Crippen molar-refractivity contribution in [3.8, 4) is 11.5 Å². The molecule has 1 aromatic rings. The molecule has 2 N–H and O–H groups in total. The Morgan fingerprint density at radius 1 is 1.23 bits per heavy atom. The van der Waals surface area contributed by atoms with Crippen molar-refractivity contribution in [2.24, 2.45) is 0 Å². The second-order valence-electron chi connectivity index (χ2n) is 8.04. The standard InChI is InChI=1S/C19H20ClNO9S/c1-19(2,3)30-18(26)14-9(8-31(27,28)16-13(20)15(24)21(14)16)7-29-17(25)11-6-10(22)4-5-12(11)23/h4-6,13,16,22-23H,7-8H2,1-3H3/t13-,16?/m0/s1. The summed E-state index contributed by atoms with van der Waals surface area (Å²) in [4.78, 5) is 38.1. The first-order chi connectivity index (χ1) is 14.2. The third kappa shape index (κ3) is 4.33. The summed E-state index contributed by atoms with van der Waals surface area (Å²) in [5.41, 5.74) is -1.82. The van der Waals surface area contributed by atoms with Crippen LogP contribution in [-0.2, 0) is 28.9 Å². The lowest BCUT2D eigenvalue weighted by Gasteiger charge is -2.47. The first-order valence-corrected chi connectivity index (χ1v) is 11.2. The van der Waals surface area contributed by atoms with Crippen LogP contribution in [0.3, 0.4) is 0 Å². The Labute approximate surface area is 182 Å². The highest BCUT2D eigenvalue weighted by atomic mass is 35.5. The first kappa shape index (κ1) is 22.9. The number of sulfone groups is 1. The molecule has 168 valence electrons. The van der Waals surface area contributed by atoms with Crippen molar-refractivity contribution in [1.82, 2.24) is 4.90 Å². The van der Waals surface area contributed by atoms with Crippen molar-refractivity contribution in [1.29, 1.82) is 0 Å². The van der Waals surface area contributed by atoms with Crippen LogP contribution in [0.2, 0.25) is 0 Å². The Morgan fingerprint density at radius 2 is 1.87 bits per heavy atom. The number of hydrogen-bond donors (Lipinski definition) is 2. The van der Waals surface area contributed by atoms with E-state index in [1.165, 1.54) is 0 Å². The van der Waals surface area contributed by atoms with Gasteiger partial charge in [0.1, 0.15) is 40.3 Å². The van der Waals surface area contributed by atoms with Crippen molar-refractivity contribution in [3.05, 3.63) is 35.0 Å². The van der Waals surface area contributed by atoms with Gasteiger partial charge in [-0.3, -0.25) is 9.69 Å². The van der Waals surface area contributed by atoms with Crippen LogP contribution in [0.15, 0.2) is 29.5 Å². The average Bonchev–Trinajstić information content (AvgIpc) is 2.64. The zero-order chi connectivity index (χ0) is 23.3. The molecular formula is C19H20ClNO9S. The summed E-state index contributed by atoms with van der Waals surface area (Å²) in [5, 5.41) is 16.5. The number of ether oxygens (including phenoxy) is 2. The predicted octanol–water partition coefficient (Wildman–Crippen LogP) is 1.05. The summed E-state index contributed by atoms with van der Waals surface area (Å²) in [7, 11) is -3.97. The summed E-state index contributed by atoms with van der Waals surface area (Å²) in [6, 6.07) is 3.19. The highest BCUT2D eigenvalue weighted by molar-refractivity contribution is 7.92. The van der Waals surface area contributed by atoms with Crippen LogP contribution in [0.1, 0.15) is 31.1 Å². The van der Waals surface area contributed by atoms with Gasteiger partial charge in [0.2, 0.25) is 5.91 Å². The van der Waals surface area contributed by atoms with Gasteiger partial charge < -0.3 is 19.7 Å². The molecule has 31 heavy (non-hydrogen) atoms. The van der Waals surface area contributed by atoms with E-state index in [-0.39, 0.29) is 22.6 Å². The van der Waals surface area contributed by atoms with Gasteiger partial charge in [0.25, 0.3) is 0 Å². The summed E-state index contributed by atoms with van der Waals surface area (Å²) in [5.74, 6) is -4.28. The second-order valence-corrected chi connectivity index (χ2v) is 10.6.